The predicted molar refractivity (Wildman–Crippen MR) is 101 cm³/mol. The third kappa shape index (κ3) is 3.37. The van der Waals surface area contributed by atoms with Gasteiger partial charge in [0.2, 0.25) is 5.91 Å². The van der Waals surface area contributed by atoms with Crippen LogP contribution in [0.2, 0.25) is 0 Å². The molecule has 0 spiro atoms. The van der Waals surface area contributed by atoms with Crippen LogP contribution in [-0.2, 0) is 19.4 Å². The molecule has 1 amide bonds. The van der Waals surface area contributed by atoms with Crippen LogP contribution in [0.1, 0.15) is 49.7 Å². The van der Waals surface area contributed by atoms with Crippen molar-refractivity contribution in [2.45, 2.75) is 62.0 Å². The molecule has 148 valence electrons. The van der Waals surface area contributed by atoms with Crippen molar-refractivity contribution in [3.05, 3.63) is 29.3 Å². The molecule has 1 aliphatic heterocycles. The number of benzene rings is 1. The fourth-order valence-electron chi connectivity index (χ4n) is 4.40. The minimum absolute atomic E-state index is 0.0955. The molecule has 1 N–H and O–H groups in total. The molecule has 1 aliphatic carbocycles. The number of carboxylic acid groups (broad SMARTS) is 1. The van der Waals surface area contributed by atoms with Crippen molar-refractivity contribution in [2.75, 3.05) is 13.1 Å². The molecule has 1 unspecified atom stereocenters. The van der Waals surface area contributed by atoms with Gasteiger partial charge in [0.15, 0.2) is 14.6 Å². The number of carbonyl (C=O) groups excluding carboxylic acids is 1. The quantitative estimate of drug-likeness (QED) is 0.849. The van der Waals surface area contributed by atoms with Gasteiger partial charge in [-0.25, -0.2) is 8.42 Å². The molecule has 2 aliphatic rings. The maximum atomic E-state index is 13.7. The first-order valence-corrected chi connectivity index (χ1v) is 11.0. The number of hydrogen-bond acceptors (Lipinski definition) is 4. The van der Waals surface area contributed by atoms with Crippen LogP contribution in [0.5, 0.6) is 0 Å². The summed E-state index contributed by atoms with van der Waals surface area (Å²) in [5, 5.41) is 9.32. The van der Waals surface area contributed by atoms with E-state index < -0.39 is 32.4 Å². The molecule has 6 nitrogen and oxygen atoms in total. The summed E-state index contributed by atoms with van der Waals surface area (Å²) in [6.45, 7) is 4.11. The molecule has 1 saturated carbocycles. The number of rotatable bonds is 4. The van der Waals surface area contributed by atoms with Gasteiger partial charge in [-0.05, 0) is 56.7 Å². The van der Waals surface area contributed by atoms with Crippen LogP contribution in [0.25, 0.3) is 0 Å². The van der Waals surface area contributed by atoms with Gasteiger partial charge in [-0.2, -0.15) is 0 Å². The molecule has 3 rings (SSSR count). The van der Waals surface area contributed by atoms with E-state index in [0.29, 0.717) is 50.6 Å². The number of amides is 1. The monoisotopic (exact) mass is 393 g/mol. The average Bonchev–Trinajstić information content (AvgIpc) is 3.14. The van der Waals surface area contributed by atoms with E-state index in [1.165, 1.54) is 4.90 Å². The van der Waals surface area contributed by atoms with Crippen LogP contribution in [0.15, 0.2) is 23.1 Å². The third-order valence-electron chi connectivity index (χ3n) is 6.01. The molecular formula is C20H27NO5S. The van der Waals surface area contributed by atoms with Crippen molar-refractivity contribution < 1.29 is 23.1 Å². The first-order chi connectivity index (χ1) is 12.7. The highest BCUT2D eigenvalue weighted by Gasteiger charge is 2.55. The van der Waals surface area contributed by atoms with Crippen molar-refractivity contribution in [2.24, 2.45) is 5.92 Å². The molecule has 0 radical (unpaired) electrons. The number of sulfone groups is 1. The zero-order chi connectivity index (χ0) is 19.8. The highest BCUT2D eigenvalue weighted by Crippen LogP contribution is 2.43. The summed E-state index contributed by atoms with van der Waals surface area (Å²) in [5.41, 5.74) is 1.48. The van der Waals surface area contributed by atoms with Gasteiger partial charge in [-0.15, -0.1) is 0 Å². The Hall–Kier alpha value is -1.89. The van der Waals surface area contributed by atoms with Crippen LogP contribution in [0, 0.1) is 19.8 Å². The van der Waals surface area contributed by atoms with Crippen molar-refractivity contribution in [3.63, 3.8) is 0 Å². The van der Waals surface area contributed by atoms with Gasteiger partial charge in [0, 0.05) is 13.1 Å². The summed E-state index contributed by atoms with van der Waals surface area (Å²) in [4.78, 5) is 26.5. The Labute approximate surface area is 160 Å². The van der Waals surface area contributed by atoms with Crippen molar-refractivity contribution in [3.8, 4) is 0 Å². The first kappa shape index (κ1) is 19.9. The molecule has 1 aromatic rings. The second-order valence-corrected chi connectivity index (χ2v) is 10.1. The number of piperidine rings is 1. The van der Waals surface area contributed by atoms with E-state index in [9.17, 15) is 23.1 Å². The Kier molecular flexibility index (Phi) is 5.34. The standard InChI is InChI=1S/C20H27NO5S/c1-14-7-8-15(2)17(12-14)27(25,26)20(9-3-4-10-20)19(24)21-11-5-6-16(13-21)18(22)23/h7-8,12,16H,3-6,9-11,13H2,1-2H3,(H,22,23). The Morgan fingerprint density at radius 3 is 2.44 bits per heavy atom. The lowest BCUT2D eigenvalue weighted by Crippen LogP contribution is -2.55. The number of carbonyl (C=O) groups is 2. The van der Waals surface area contributed by atoms with Gasteiger partial charge in [0.05, 0.1) is 10.8 Å². The first-order valence-electron chi connectivity index (χ1n) is 9.53. The van der Waals surface area contributed by atoms with Crippen molar-refractivity contribution >= 4 is 21.7 Å². The number of likely N-dealkylation sites (tertiary alicyclic amines) is 1. The maximum absolute atomic E-state index is 13.7. The second-order valence-electron chi connectivity index (χ2n) is 7.90. The van der Waals surface area contributed by atoms with Crippen LogP contribution in [0.3, 0.4) is 0 Å². The normalized spacial score (nSPS) is 22.6. The largest absolute Gasteiger partial charge is 0.481 e. The van der Waals surface area contributed by atoms with E-state index in [1.54, 1.807) is 19.1 Å². The Bertz CT molecular complexity index is 855. The highest BCUT2D eigenvalue weighted by molar-refractivity contribution is 7.93. The van der Waals surface area contributed by atoms with E-state index in [1.807, 2.05) is 13.0 Å². The van der Waals surface area contributed by atoms with Gasteiger partial charge in [0.25, 0.3) is 0 Å². The lowest BCUT2D eigenvalue weighted by atomic mass is 9.96. The summed E-state index contributed by atoms with van der Waals surface area (Å²) in [6, 6.07) is 5.28. The van der Waals surface area contributed by atoms with Gasteiger partial charge in [-0.3, -0.25) is 9.59 Å². The predicted octanol–water partition coefficient (Wildman–Crippen LogP) is 2.71. The summed E-state index contributed by atoms with van der Waals surface area (Å²) >= 11 is 0. The molecule has 7 heteroatoms. The SMILES string of the molecule is Cc1ccc(C)c(S(=O)(=O)C2(C(=O)N3CCCC(C(=O)O)C3)CCCC2)c1. The smallest absolute Gasteiger partial charge is 0.308 e. The zero-order valence-electron chi connectivity index (χ0n) is 15.9. The number of aryl methyl sites for hydroxylation is 2. The Morgan fingerprint density at radius 2 is 1.81 bits per heavy atom. The fourth-order valence-corrected chi connectivity index (χ4v) is 6.84. The van der Waals surface area contributed by atoms with Gasteiger partial charge < -0.3 is 10.0 Å². The van der Waals surface area contributed by atoms with E-state index in [4.69, 9.17) is 0 Å². The minimum Gasteiger partial charge on any atom is -0.481 e. The van der Waals surface area contributed by atoms with Crippen LogP contribution in [-0.4, -0.2) is 48.1 Å². The highest BCUT2D eigenvalue weighted by atomic mass is 32.2. The minimum atomic E-state index is -3.88. The molecule has 0 aromatic heterocycles. The summed E-state index contributed by atoms with van der Waals surface area (Å²) in [5.74, 6) is -1.96. The molecular weight excluding hydrogens is 366 g/mol. The van der Waals surface area contributed by atoms with Crippen molar-refractivity contribution in [1.29, 1.82) is 0 Å². The second kappa shape index (κ2) is 7.26. The molecule has 1 atom stereocenters. The van der Waals surface area contributed by atoms with Crippen LogP contribution in [0.4, 0.5) is 0 Å². The van der Waals surface area contributed by atoms with Gasteiger partial charge >= 0.3 is 5.97 Å². The molecule has 2 fully saturated rings. The molecule has 1 saturated heterocycles. The number of carboxylic acids is 1. The number of hydrogen-bond donors (Lipinski definition) is 1. The molecule has 1 aromatic carbocycles. The van der Waals surface area contributed by atoms with E-state index >= 15 is 0 Å². The third-order valence-corrected chi connectivity index (χ3v) is 8.64. The van der Waals surface area contributed by atoms with E-state index in [2.05, 4.69) is 0 Å². The molecule has 27 heavy (non-hydrogen) atoms. The lowest BCUT2D eigenvalue weighted by Gasteiger charge is -2.38. The van der Waals surface area contributed by atoms with Crippen LogP contribution < -0.4 is 0 Å². The molecule has 0 bridgehead atoms. The Balaban J connectivity index is 2.02. The average molecular weight is 394 g/mol. The maximum Gasteiger partial charge on any atom is 0.308 e. The zero-order valence-corrected chi connectivity index (χ0v) is 16.7. The van der Waals surface area contributed by atoms with E-state index in [0.717, 1.165) is 5.56 Å². The van der Waals surface area contributed by atoms with Crippen LogP contribution >= 0.6 is 0 Å². The summed E-state index contributed by atoms with van der Waals surface area (Å²) in [7, 11) is -3.88. The van der Waals surface area contributed by atoms with Gasteiger partial charge in [0.1, 0.15) is 0 Å². The van der Waals surface area contributed by atoms with Crippen molar-refractivity contribution in [1.82, 2.24) is 4.90 Å². The number of aliphatic carboxylic acids is 1. The Morgan fingerprint density at radius 1 is 1.15 bits per heavy atom. The molecule has 1 heterocycles. The van der Waals surface area contributed by atoms with Gasteiger partial charge in [-0.1, -0.05) is 25.0 Å². The summed E-state index contributed by atoms with van der Waals surface area (Å²) in [6.07, 6.45) is 3.09. The topological polar surface area (TPSA) is 91.8 Å². The van der Waals surface area contributed by atoms with E-state index in [-0.39, 0.29) is 11.4 Å². The lowest BCUT2D eigenvalue weighted by molar-refractivity contribution is -0.146. The fraction of sp³-hybridized carbons (Fsp3) is 0.600. The summed E-state index contributed by atoms with van der Waals surface area (Å²) < 4.78 is 25.9. The number of nitrogens with zero attached hydrogens (tertiary/aromatic N) is 1.